The van der Waals surface area contributed by atoms with E-state index in [1.54, 1.807) is 13.0 Å². The maximum Gasteiger partial charge on any atom is 0.337 e. The van der Waals surface area contributed by atoms with Gasteiger partial charge in [-0.1, -0.05) is 0 Å². The number of nitrogens with one attached hydrogen (secondary N) is 1. The molecule has 0 saturated carbocycles. The van der Waals surface area contributed by atoms with E-state index in [0.29, 0.717) is 16.8 Å². The van der Waals surface area contributed by atoms with Crippen molar-refractivity contribution in [1.29, 1.82) is 5.26 Å². The number of anilines is 1. The van der Waals surface area contributed by atoms with Crippen LogP contribution in [0, 0.1) is 18.3 Å². The topological polar surface area (TPSA) is 99.1 Å². The van der Waals surface area contributed by atoms with Crippen molar-refractivity contribution in [1.82, 2.24) is 0 Å². The molecule has 72 valence electrons. The van der Waals surface area contributed by atoms with Crippen LogP contribution in [0.4, 0.5) is 5.69 Å². The predicted molar refractivity (Wildman–Crippen MR) is 50.7 cm³/mol. The minimum absolute atomic E-state index is 0.00375. The first-order valence-electron chi connectivity index (χ1n) is 3.84. The lowest BCUT2D eigenvalue weighted by molar-refractivity contribution is 0.0698. The summed E-state index contributed by atoms with van der Waals surface area (Å²) in [6.07, 6.45) is 0. The van der Waals surface area contributed by atoms with Crippen LogP contribution in [-0.2, 0) is 0 Å². The Labute approximate surface area is 80.7 Å². The van der Waals surface area contributed by atoms with Gasteiger partial charge in [0, 0.05) is 0 Å². The average Bonchev–Trinajstić information content (AvgIpc) is 2.16. The highest BCUT2D eigenvalue weighted by atomic mass is 16.4. The van der Waals surface area contributed by atoms with Gasteiger partial charge in [0.15, 0.2) is 0 Å². The van der Waals surface area contributed by atoms with Gasteiger partial charge >= 0.3 is 5.97 Å². The molecule has 0 fully saturated rings. The summed E-state index contributed by atoms with van der Waals surface area (Å²) in [6.45, 7) is 1.68. The van der Waals surface area contributed by atoms with Crippen LogP contribution in [0.1, 0.15) is 21.5 Å². The predicted octanol–water partition coefficient (Wildman–Crippen LogP) is 0.851. The highest BCUT2D eigenvalue weighted by Crippen LogP contribution is 2.21. The summed E-state index contributed by atoms with van der Waals surface area (Å²) >= 11 is 0. The third kappa shape index (κ3) is 1.65. The minimum atomic E-state index is -1.11. The average molecular weight is 191 g/mol. The molecule has 4 N–H and O–H groups in total. The van der Waals surface area contributed by atoms with Gasteiger partial charge in [-0.05, 0) is 24.6 Å². The molecule has 0 unspecified atom stereocenters. The van der Waals surface area contributed by atoms with Crippen LogP contribution in [0.5, 0.6) is 0 Å². The molecule has 5 nitrogen and oxygen atoms in total. The first-order valence-corrected chi connectivity index (χ1v) is 3.84. The second kappa shape index (κ2) is 3.77. The number of nitrogens with zero attached hydrogens (tertiary/aromatic N) is 1. The van der Waals surface area contributed by atoms with Gasteiger partial charge in [0.2, 0.25) is 0 Å². The van der Waals surface area contributed by atoms with Gasteiger partial charge in [-0.15, -0.1) is 0 Å². The Morgan fingerprint density at radius 3 is 2.71 bits per heavy atom. The number of carboxylic acid groups (broad SMARTS) is 1. The van der Waals surface area contributed by atoms with E-state index in [-0.39, 0.29) is 5.56 Å². The lowest BCUT2D eigenvalue weighted by Crippen LogP contribution is -2.13. The van der Waals surface area contributed by atoms with Crippen molar-refractivity contribution in [3.8, 4) is 6.07 Å². The van der Waals surface area contributed by atoms with Crippen molar-refractivity contribution in [3.63, 3.8) is 0 Å². The molecule has 0 atom stereocenters. The number of aromatic carboxylic acids is 1. The largest absolute Gasteiger partial charge is 0.478 e. The molecule has 0 amide bonds. The number of aryl methyl sites for hydroxylation is 1. The van der Waals surface area contributed by atoms with Crippen molar-refractivity contribution >= 4 is 11.7 Å². The summed E-state index contributed by atoms with van der Waals surface area (Å²) in [4.78, 5) is 10.8. The molecule has 0 aliphatic carbocycles. The van der Waals surface area contributed by atoms with Crippen molar-refractivity contribution in [3.05, 3.63) is 28.8 Å². The Morgan fingerprint density at radius 2 is 2.29 bits per heavy atom. The van der Waals surface area contributed by atoms with Gasteiger partial charge in [-0.3, -0.25) is 5.84 Å². The Bertz CT molecular complexity index is 421. The zero-order valence-electron chi connectivity index (χ0n) is 7.53. The van der Waals surface area contributed by atoms with Crippen LogP contribution in [-0.4, -0.2) is 11.1 Å². The van der Waals surface area contributed by atoms with Gasteiger partial charge in [-0.2, -0.15) is 5.26 Å². The molecular formula is C9H9N3O2. The quantitative estimate of drug-likeness (QED) is 0.475. The second-order valence-corrected chi connectivity index (χ2v) is 2.78. The zero-order chi connectivity index (χ0) is 10.7. The molecule has 0 aliphatic rings. The third-order valence-electron chi connectivity index (χ3n) is 1.84. The smallest absolute Gasteiger partial charge is 0.337 e. The summed E-state index contributed by atoms with van der Waals surface area (Å²) in [5.74, 6) is 4.07. The molecule has 0 saturated heterocycles. The molecule has 1 aromatic carbocycles. The Hall–Kier alpha value is -2.06. The number of hydrazine groups is 1. The summed E-state index contributed by atoms with van der Waals surface area (Å²) in [7, 11) is 0. The van der Waals surface area contributed by atoms with Crippen LogP contribution in [0.15, 0.2) is 12.1 Å². The number of benzene rings is 1. The highest BCUT2D eigenvalue weighted by molar-refractivity contribution is 5.95. The Balaban J connectivity index is 3.45. The monoisotopic (exact) mass is 191 g/mol. The van der Waals surface area contributed by atoms with E-state index >= 15 is 0 Å². The number of nitrogens with two attached hydrogens (primary N) is 1. The molecule has 14 heavy (non-hydrogen) atoms. The van der Waals surface area contributed by atoms with Gasteiger partial charge in [0.1, 0.15) is 0 Å². The van der Waals surface area contributed by atoms with Crippen LogP contribution < -0.4 is 11.3 Å². The second-order valence-electron chi connectivity index (χ2n) is 2.78. The van der Waals surface area contributed by atoms with Crippen LogP contribution in [0.3, 0.4) is 0 Å². The molecule has 0 aliphatic heterocycles. The maximum atomic E-state index is 10.8. The number of nitrogen functional groups attached to an aromatic ring is 1. The standard InChI is InChI=1S/C9H9N3O2/c1-5-2-6(4-10)3-7(9(13)14)8(5)12-11/h2-3,12H,11H2,1H3,(H,13,14). The fourth-order valence-electron chi connectivity index (χ4n) is 1.21. The molecule has 1 rings (SSSR count). The number of hydrogen-bond donors (Lipinski definition) is 3. The maximum absolute atomic E-state index is 10.8. The SMILES string of the molecule is Cc1cc(C#N)cc(C(=O)O)c1NN. The minimum Gasteiger partial charge on any atom is -0.478 e. The molecule has 0 heterocycles. The number of nitriles is 1. The van der Waals surface area contributed by atoms with E-state index in [4.69, 9.17) is 16.2 Å². The van der Waals surface area contributed by atoms with Crippen molar-refractivity contribution < 1.29 is 9.90 Å². The summed E-state index contributed by atoms with van der Waals surface area (Å²) in [5, 5.41) is 17.5. The molecular weight excluding hydrogens is 182 g/mol. The van der Waals surface area contributed by atoms with Crippen molar-refractivity contribution in [2.24, 2.45) is 5.84 Å². The van der Waals surface area contributed by atoms with Crippen molar-refractivity contribution in [2.75, 3.05) is 5.43 Å². The first-order chi connectivity index (χ1) is 6.60. The molecule has 1 aromatic rings. The molecule has 0 aromatic heterocycles. The summed E-state index contributed by atoms with van der Waals surface area (Å²) in [5.41, 5.74) is 3.57. The van der Waals surface area contributed by atoms with Crippen LogP contribution >= 0.6 is 0 Å². The number of carboxylic acids is 1. The normalized spacial score (nSPS) is 9.21. The van der Waals surface area contributed by atoms with Crippen molar-refractivity contribution in [2.45, 2.75) is 6.92 Å². The van der Waals surface area contributed by atoms with E-state index in [9.17, 15) is 4.79 Å². The molecule has 0 spiro atoms. The fraction of sp³-hybridized carbons (Fsp3) is 0.111. The zero-order valence-corrected chi connectivity index (χ0v) is 7.53. The fourth-order valence-corrected chi connectivity index (χ4v) is 1.21. The first kappa shape index (κ1) is 10.0. The summed E-state index contributed by atoms with van der Waals surface area (Å²) in [6, 6.07) is 4.74. The Morgan fingerprint density at radius 1 is 1.64 bits per heavy atom. The lowest BCUT2D eigenvalue weighted by atomic mass is 10.0. The van der Waals surface area contributed by atoms with E-state index in [1.165, 1.54) is 6.07 Å². The molecule has 5 heteroatoms. The number of rotatable bonds is 2. The molecule has 0 radical (unpaired) electrons. The molecule has 0 bridgehead atoms. The van der Waals surface area contributed by atoms with Gasteiger partial charge in [-0.25, -0.2) is 4.79 Å². The van der Waals surface area contributed by atoms with E-state index in [1.807, 2.05) is 6.07 Å². The highest BCUT2D eigenvalue weighted by Gasteiger charge is 2.12. The van der Waals surface area contributed by atoms with Gasteiger partial charge in [0.25, 0.3) is 0 Å². The van der Waals surface area contributed by atoms with Gasteiger partial charge < -0.3 is 10.5 Å². The number of hydrogen-bond acceptors (Lipinski definition) is 4. The lowest BCUT2D eigenvalue weighted by Gasteiger charge is -2.08. The van der Waals surface area contributed by atoms with E-state index < -0.39 is 5.97 Å². The number of carbonyl (C=O) groups is 1. The van der Waals surface area contributed by atoms with Gasteiger partial charge in [0.05, 0.1) is 22.9 Å². The third-order valence-corrected chi connectivity index (χ3v) is 1.84. The summed E-state index contributed by atoms with van der Waals surface area (Å²) < 4.78 is 0. The van der Waals surface area contributed by atoms with Crippen LogP contribution in [0.25, 0.3) is 0 Å². The van der Waals surface area contributed by atoms with Crippen LogP contribution in [0.2, 0.25) is 0 Å². The van der Waals surface area contributed by atoms with E-state index in [0.717, 1.165) is 0 Å². The Kier molecular flexibility index (Phi) is 2.70. The van der Waals surface area contributed by atoms with E-state index in [2.05, 4.69) is 5.43 Å².